The maximum Gasteiger partial charge on any atom is 0.112 e. The van der Waals surface area contributed by atoms with Gasteiger partial charge in [0.05, 0.1) is 6.61 Å². The lowest BCUT2D eigenvalue weighted by molar-refractivity contribution is 0.303. The molecule has 3 heteroatoms. The fourth-order valence-corrected chi connectivity index (χ4v) is 1.28. The van der Waals surface area contributed by atoms with Gasteiger partial charge < -0.3 is 10.3 Å². The number of rotatable bonds is 3. The summed E-state index contributed by atoms with van der Waals surface area (Å²) in [5.74, 6) is 0. The Morgan fingerprint density at radius 2 is 2.08 bits per heavy atom. The normalized spacial score (nSPS) is 11.7. The summed E-state index contributed by atoms with van der Waals surface area (Å²) in [5, 5.41) is 20.6. The summed E-state index contributed by atoms with van der Waals surface area (Å²) in [6.45, 7) is 1.78. The minimum absolute atomic E-state index is 0.243. The second kappa shape index (κ2) is 4.62. The predicted molar refractivity (Wildman–Crippen MR) is 51.2 cm³/mol. The van der Waals surface area contributed by atoms with Crippen LogP contribution < -0.4 is 0 Å². The Labute approximate surface area is 77.3 Å². The van der Waals surface area contributed by atoms with Gasteiger partial charge in [0.2, 0.25) is 0 Å². The SMILES string of the molecule is CCc1ccccc1/C(CO)=N/O. The van der Waals surface area contributed by atoms with Crippen molar-refractivity contribution in [3.05, 3.63) is 35.4 Å². The van der Waals surface area contributed by atoms with Crippen LogP contribution in [-0.4, -0.2) is 22.6 Å². The minimum atomic E-state index is -0.243. The highest BCUT2D eigenvalue weighted by molar-refractivity contribution is 6.02. The topological polar surface area (TPSA) is 52.8 Å². The van der Waals surface area contributed by atoms with Crippen LogP contribution in [0.25, 0.3) is 0 Å². The van der Waals surface area contributed by atoms with Crippen LogP contribution in [0.3, 0.4) is 0 Å². The van der Waals surface area contributed by atoms with Crippen LogP contribution in [0.5, 0.6) is 0 Å². The monoisotopic (exact) mass is 179 g/mol. The first-order valence-corrected chi connectivity index (χ1v) is 4.23. The Kier molecular flexibility index (Phi) is 3.46. The van der Waals surface area contributed by atoms with E-state index in [2.05, 4.69) is 5.16 Å². The number of aliphatic hydroxyl groups excluding tert-OH is 1. The molecule has 0 radical (unpaired) electrons. The number of aryl methyl sites for hydroxylation is 1. The van der Waals surface area contributed by atoms with Crippen molar-refractivity contribution in [2.75, 3.05) is 6.61 Å². The van der Waals surface area contributed by atoms with Crippen LogP contribution in [0.2, 0.25) is 0 Å². The Hall–Kier alpha value is -1.35. The number of hydrogen-bond acceptors (Lipinski definition) is 3. The molecule has 70 valence electrons. The summed E-state index contributed by atoms with van der Waals surface area (Å²) < 4.78 is 0. The number of aliphatic hydroxyl groups is 1. The lowest BCUT2D eigenvalue weighted by atomic mass is 10.0. The Morgan fingerprint density at radius 3 is 2.62 bits per heavy atom. The van der Waals surface area contributed by atoms with Gasteiger partial charge in [-0.15, -0.1) is 0 Å². The van der Waals surface area contributed by atoms with Gasteiger partial charge >= 0.3 is 0 Å². The fraction of sp³-hybridized carbons (Fsp3) is 0.300. The average Bonchev–Trinajstić information content (AvgIpc) is 2.20. The molecule has 0 unspecified atom stereocenters. The highest BCUT2D eigenvalue weighted by Gasteiger charge is 2.06. The van der Waals surface area contributed by atoms with Crippen molar-refractivity contribution < 1.29 is 10.3 Å². The third-order valence-electron chi connectivity index (χ3n) is 1.98. The number of nitrogens with zero attached hydrogens (tertiary/aromatic N) is 1. The fourth-order valence-electron chi connectivity index (χ4n) is 1.28. The second-order valence-corrected chi connectivity index (χ2v) is 2.72. The van der Waals surface area contributed by atoms with Crippen molar-refractivity contribution in [2.24, 2.45) is 5.16 Å². The molecule has 3 nitrogen and oxygen atoms in total. The zero-order valence-corrected chi connectivity index (χ0v) is 7.57. The van der Waals surface area contributed by atoms with Gasteiger partial charge in [-0.1, -0.05) is 36.3 Å². The molecule has 0 fully saturated rings. The van der Waals surface area contributed by atoms with Crippen LogP contribution in [0.1, 0.15) is 18.1 Å². The van der Waals surface area contributed by atoms with E-state index in [1.54, 1.807) is 0 Å². The predicted octanol–water partition coefficient (Wildman–Crippen LogP) is 1.42. The molecule has 0 saturated heterocycles. The maximum absolute atomic E-state index is 8.91. The van der Waals surface area contributed by atoms with E-state index in [-0.39, 0.29) is 6.61 Å². The highest BCUT2D eigenvalue weighted by atomic mass is 16.4. The summed E-state index contributed by atoms with van der Waals surface area (Å²) in [4.78, 5) is 0. The summed E-state index contributed by atoms with van der Waals surface area (Å²) in [6.07, 6.45) is 0.856. The standard InChI is InChI=1S/C10H13NO2/c1-2-8-5-3-4-6-9(8)10(7-12)11-13/h3-6,12-13H,2,7H2,1H3/b11-10+. The van der Waals surface area contributed by atoms with Crippen LogP contribution >= 0.6 is 0 Å². The first-order chi connectivity index (χ1) is 6.33. The van der Waals surface area contributed by atoms with E-state index in [0.29, 0.717) is 5.71 Å². The van der Waals surface area contributed by atoms with Crippen molar-refractivity contribution in [3.63, 3.8) is 0 Å². The third kappa shape index (κ3) is 2.06. The Morgan fingerprint density at radius 1 is 1.38 bits per heavy atom. The molecule has 0 aliphatic rings. The molecule has 1 aromatic rings. The van der Waals surface area contributed by atoms with Gasteiger partial charge in [0.1, 0.15) is 5.71 Å². The molecule has 2 N–H and O–H groups in total. The lowest BCUT2D eigenvalue weighted by Crippen LogP contribution is -2.09. The van der Waals surface area contributed by atoms with E-state index in [1.807, 2.05) is 31.2 Å². The highest BCUT2D eigenvalue weighted by Crippen LogP contribution is 2.10. The summed E-state index contributed by atoms with van der Waals surface area (Å²) >= 11 is 0. The largest absolute Gasteiger partial charge is 0.411 e. The molecule has 0 heterocycles. The molecule has 0 saturated carbocycles. The minimum Gasteiger partial charge on any atom is -0.411 e. The summed E-state index contributed by atoms with van der Waals surface area (Å²) in [5.41, 5.74) is 2.21. The maximum atomic E-state index is 8.91. The van der Waals surface area contributed by atoms with E-state index >= 15 is 0 Å². The van der Waals surface area contributed by atoms with Crippen molar-refractivity contribution in [3.8, 4) is 0 Å². The lowest BCUT2D eigenvalue weighted by Gasteiger charge is -2.06. The molecule has 1 aromatic carbocycles. The smallest absolute Gasteiger partial charge is 0.112 e. The van der Waals surface area contributed by atoms with Gasteiger partial charge in [0.15, 0.2) is 0 Å². The quantitative estimate of drug-likeness (QED) is 0.419. The number of oxime groups is 1. The van der Waals surface area contributed by atoms with Crippen molar-refractivity contribution in [2.45, 2.75) is 13.3 Å². The molecule has 0 aliphatic heterocycles. The van der Waals surface area contributed by atoms with Gasteiger partial charge in [-0.25, -0.2) is 0 Å². The van der Waals surface area contributed by atoms with Gasteiger partial charge in [0.25, 0.3) is 0 Å². The van der Waals surface area contributed by atoms with E-state index in [9.17, 15) is 0 Å². The van der Waals surface area contributed by atoms with Gasteiger partial charge in [0, 0.05) is 5.56 Å². The molecule has 0 atom stereocenters. The molecule has 0 aromatic heterocycles. The van der Waals surface area contributed by atoms with Crippen LogP contribution in [-0.2, 0) is 6.42 Å². The summed E-state index contributed by atoms with van der Waals surface area (Å²) in [6, 6.07) is 7.57. The molecule has 0 amide bonds. The zero-order chi connectivity index (χ0) is 9.68. The first kappa shape index (κ1) is 9.74. The Bertz CT molecular complexity index is 308. The Balaban J connectivity index is 3.12. The molecular formula is C10H13NO2. The van der Waals surface area contributed by atoms with Crippen LogP contribution in [0, 0.1) is 0 Å². The first-order valence-electron chi connectivity index (χ1n) is 4.23. The van der Waals surface area contributed by atoms with Crippen molar-refractivity contribution in [1.82, 2.24) is 0 Å². The van der Waals surface area contributed by atoms with E-state index in [1.165, 1.54) is 0 Å². The van der Waals surface area contributed by atoms with Crippen molar-refractivity contribution in [1.29, 1.82) is 0 Å². The molecule has 13 heavy (non-hydrogen) atoms. The summed E-state index contributed by atoms with van der Waals surface area (Å²) in [7, 11) is 0. The molecule has 0 bridgehead atoms. The molecule has 0 spiro atoms. The van der Waals surface area contributed by atoms with Crippen LogP contribution in [0.4, 0.5) is 0 Å². The van der Waals surface area contributed by atoms with E-state index in [0.717, 1.165) is 17.5 Å². The molecular weight excluding hydrogens is 166 g/mol. The zero-order valence-electron chi connectivity index (χ0n) is 7.57. The molecule has 1 rings (SSSR count). The van der Waals surface area contributed by atoms with Gasteiger partial charge in [-0.2, -0.15) is 0 Å². The average molecular weight is 179 g/mol. The van der Waals surface area contributed by atoms with Crippen molar-refractivity contribution >= 4 is 5.71 Å². The number of hydrogen-bond donors (Lipinski definition) is 2. The molecule has 0 aliphatic carbocycles. The number of benzene rings is 1. The van der Waals surface area contributed by atoms with Crippen LogP contribution in [0.15, 0.2) is 29.4 Å². The van der Waals surface area contributed by atoms with E-state index in [4.69, 9.17) is 10.3 Å². The van der Waals surface area contributed by atoms with Gasteiger partial charge in [-0.3, -0.25) is 0 Å². The van der Waals surface area contributed by atoms with Gasteiger partial charge in [-0.05, 0) is 12.0 Å². The van der Waals surface area contributed by atoms with E-state index < -0.39 is 0 Å². The third-order valence-corrected chi connectivity index (χ3v) is 1.98. The second-order valence-electron chi connectivity index (χ2n) is 2.72.